The minimum Gasteiger partial charge on any atom is -0.397 e. The van der Waals surface area contributed by atoms with E-state index in [1.807, 2.05) is 31.4 Å². The molecule has 0 unspecified atom stereocenters. The largest absolute Gasteiger partial charge is 0.397 e. The van der Waals surface area contributed by atoms with Gasteiger partial charge >= 0.3 is 0 Å². The normalized spacial score (nSPS) is 14.1. The SMILES string of the molecule is Cn1cc(-c2cnc(C(=O)Nc3cc(N4CCCCC4)ccc3N)cn2)cn1. The highest BCUT2D eigenvalue weighted by molar-refractivity contribution is 6.04. The molecule has 3 heterocycles. The minimum atomic E-state index is -0.340. The van der Waals surface area contributed by atoms with Crippen LogP contribution in [0.3, 0.4) is 0 Å². The molecular weight excluding hydrogens is 354 g/mol. The van der Waals surface area contributed by atoms with Gasteiger partial charge in [0.2, 0.25) is 0 Å². The molecule has 1 aliphatic heterocycles. The van der Waals surface area contributed by atoms with Crippen LogP contribution in [-0.2, 0) is 7.05 Å². The van der Waals surface area contributed by atoms with Crippen LogP contribution in [0.2, 0.25) is 0 Å². The molecular formula is C20H23N7O. The standard InChI is InChI=1S/C20H23N7O/c1-26-13-14(10-24-26)18-11-23-19(12-22-18)20(28)25-17-9-15(5-6-16(17)21)27-7-3-2-4-8-27/h5-6,9-13H,2-4,7-8,21H2,1H3,(H,25,28). The van der Waals surface area contributed by atoms with Crippen molar-refractivity contribution in [2.75, 3.05) is 29.0 Å². The average molecular weight is 377 g/mol. The third-order valence-corrected chi connectivity index (χ3v) is 4.89. The Balaban J connectivity index is 1.50. The second kappa shape index (κ2) is 7.67. The van der Waals surface area contributed by atoms with Gasteiger partial charge in [-0.2, -0.15) is 5.10 Å². The molecule has 144 valence electrons. The minimum absolute atomic E-state index is 0.232. The molecule has 4 rings (SSSR count). The number of amides is 1. The second-order valence-electron chi connectivity index (χ2n) is 6.96. The molecule has 0 radical (unpaired) electrons. The summed E-state index contributed by atoms with van der Waals surface area (Å²) in [5, 5.41) is 6.97. The van der Waals surface area contributed by atoms with Gasteiger partial charge in [-0.15, -0.1) is 0 Å². The summed E-state index contributed by atoms with van der Waals surface area (Å²) in [4.78, 5) is 23.5. The van der Waals surface area contributed by atoms with Crippen molar-refractivity contribution in [3.8, 4) is 11.3 Å². The van der Waals surface area contributed by atoms with Crippen LogP contribution in [0.25, 0.3) is 11.3 Å². The molecule has 0 saturated carbocycles. The lowest BCUT2D eigenvalue weighted by atomic mass is 10.1. The Bertz CT molecular complexity index is 974. The number of nitrogens with two attached hydrogens (primary N) is 1. The first-order chi connectivity index (χ1) is 13.6. The summed E-state index contributed by atoms with van der Waals surface area (Å²) in [5.41, 5.74) is 9.99. The van der Waals surface area contributed by atoms with Crippen molar-refractivity contribution in [3.63, 3.8) is 0 Å². The van der Waals surface area contributed by atoms with E-state index in [4.69, 9.17) is 5.73 Å². The maximum Gasteiger partial charge on any atom is 0.275 e. The smallest absolute Gasteiger partial charge is 0.275 e. The highest BCUT2D eigenvalue weighted by Gasteiger charge is 2.15. The number of nitrogens with zero attached hydrogens (tertiary/aromatic N) is 5. The first-order valence-electron chi connectivity index (χ1n) is 9.37. The van der Waals surface area contributed by atoms with Crippen molar-refractivity contribution < 1.29 is 4.79 Å². The fourth-order valence-corrected chi connectivity index (χ4v) is 3.34. The highest BCUT2D eigenvalue weighted by Crippen LogP contribution is 2.28. The van der Waals surface area contributed by atoms with Gasteiger partial charge in [0.15, 0.2) is 0 Å². The summed E-state index contributed by atoms with van der Waals surface area (Å²) in [6.07, 6.45) is 10.2. The van der Waals surface area contributed by atoms with Gasteiger partial charge in [-0.25, -0.2) is 4.98 Å². The van der Waals surface area contributed by atoms with Gasteiger partial charge in [-0.3, -0.25) is 14.5 Å². The first-order valence-corrected chi connectivity index (χ1v) is 9.37. The summed E-state index contributed by atoms with van der Waals surface area (Å²) >= 11 is 0. The van der Waals surface area contributed by atoms with E-state index in [0.29, 0.717) is 17.1 Å². The molecule has 0 bridgehead atoms. The molecule has 1 fully saturated rings. The number of aryl methyl sites for hydroxylation is 1. The van der Waals surface area contributed by atoms with E-state index in [0.717, 1.165) is 24.3 Å². The lowest BCUT2D eigenvalue weighted by Gasteiger charge is -2.29. The van der Waals surface area contributed by atoms with E-state index in [2.05, 4.69) is 25.3 Å². The van der Waals surface area contributed by atoms with Crippen molar-refractivity contribution in [1.29, 1.82) is 0 Å². The van der Waals surface area contributed by atoms with Crippen LogP contribution < -0.4 is 16.0 Å². The van der Waals surface area contributed by atoms with E-state index in [-0.39, 0.29) is 11.6 Å². The molecule has 0 aliphatic carbocycles. The molecule has 8 nitrogen and oxygen atoms in total. The number of hydrogen-bond acceptors (Lipinski definition) is 6. The first kappa shape index (κ1) is 18.0. The number of hydrogen-bond donors (Lipinski definition) is 2. The van der Waals surface area contributed by atoms with Gasteiger partial charge in [0.25, 0.3) is 5.91 Å². The second-order valence-corrected chi connectivity index (χ2v) is 6.96. The van der Waals surface area contributed by atoms with Crippen molar-refractivity contribution in [3.05, 3.63) is 48.7 Å². The zero-order valence-electron chi connectivity index (χ0n) is 15.8. The Morgan fingerprint density at radius 3 is 2.61 bits per heavy atom. The van der Waals surface area contributed by atoms with Gasteiger partial charge in [0, 0.05) is 37.6 Å². The van der Waals surface area contributed by atoms with E-state index >= 15 is 0 Å². The molecule has 1 aliphatic rings. The van der Waals surface area contributed by atoms with Crippen LogP contribution in [-0.4, -0.2) is 38.7 Å². The van der Waals surface area contributed by atoms with Crippen LogP contribution in [0.4, 0.5) is 17.1 Å². The fraction of sp³-hybridized carbons (Fsp3) is 0.300. The van der Waals surface area contributed by atoms with Crippen molar-refractivity contribution in [2.24, 2.45) is 7.05 Å². The van der Waals surface area contributed by atoms with Gasteiger partial charge in [-0.05, 0) is 37.5 Å². The molecule has 0 atom stereocenters. The van der Waals surface area contributed by atoms with Crippen molar-refractivity contribution in [1.82, 2.24) is 19.7 Å². The Kier molecular flexibility index (Phi) is 4.92. The molecule has 1 saturated heterocycles. The predicted octanol–water partition coefficient (Wildman–Crippen LogP) is 2.70. The van der Waals surface area contributed by atoms with Gasteiger partial charge in [-0.1, -0.05) is 0 Å². The molecule has 3 N–H and O–H groups in total. The zero-order chi connectivity index (χ0) is 19.5. The molecule has 1 aromatic carbocycles. The third kappa shape index (κ3) is 3.80. The molecule has 3 aromatic rings. The zero-order valence-corrected chi connectivity index (χ0v) is 15.8. The number of piperidine rings is 1. The van der Waals surface area contributed by atoms with Gasteiger partial charge in [0.05, 0.1) is 35.7 Å². The lowest BCUT2D eigenvalue weighted by Crippen LogP contribution is -2.29. The molecule has 0 spiro atoms. The molecule has 8 heteroatoms. The van der Waals surface area contributed by atoms with Gasteiger partial charge < -0.3 is 16.0 Å². The monoisotopic (exact) mass is 377 g/mol. The third-order valence-electron chi connectivity index (χ3n) is 4.89. The number of nitrogens with one attached hydrogen (secondary N) is 1. The Morgan fingerprint density at radius 1 is 1.11 bits per heavy atom. The average Bonchev–Trinajstić information content (AvgIpc) is 3.17. The van der Waals surface area contributed by atoms with Crippen LogP contribution in [0.15, 0.2) is 43.0 Å². The Labute approximate surface area is 163 Å². The number of rotatable bonds is 4. The maximum atomic E-state index is 12.6. The van der Waals surface area contributed by atoms with E-state index in [1.165, 1.54) is 25.5 Å². The number of nitrogen functional groups attached to an aromatic ring is 1. The van der Waals surface area contributed by atoms with Crippen LogP contribution in [0.5, 0.6) is 0 Å². The number of anilines is 3. The quantitative estimate of drug-likeness (QED) is 0.678. The topological polar surface area (TPSA) is 102 Å². The van der Waals surface area contributed by atoms with Crippen molar-refractivity contribution in [2.45, 2.75) is 19.3 Å². The molecule has 2 aromatic heterocycles. The number of aromatic nitrogens is 4. The van der Waals surface area contributed by atoms with Crippen LogP contribution in [0.1, 0.15) is 29.8 Å². The molecule has 1 amide bonds. The van der Waals surface area contributed by atoms with E-state index in [1.54, 1.807) is 17.1 Å². The van der Waals surface area contributed by atoms with Gasteiger partial charge in [0.1, 0.15) is 5.69 Å². The maximum absolute atomic E-state index is 12.6. The summed E-state index contributed by atoms with van der Waals surface area (Å²) in [7, 11) is 1.83. The van der Waals surface area contributed by atoms with E-state index < -0.39 is 0 Å². The lowest BCUT2D eigenvalue weighted by molar-refractivity contribution is 0.102. The Hall–Kier alpha value is -3.42. The fourth-order valence-electron chi connectivity index (χ4n) is 3.34. The van der Waals surface area contributed by atoms with Crippen LogP contribution in [0, 0.1) is 0 Å². The Morgan fingerprint density at radius 2 is 1.93 bits per heavy atom. The number of carbonyl (C=O) groups excluding carboxylic acids is 1. The molecule has 28 heavy (non-hydrogen) atoms. The number of benzene rings is 1. The summed E-state index contributed by atoms with van der Waals surface area (Å²) < 4.78 is 1.69. The predicted molar refractivity (Wildman–Crippen MR) is 109 cm³/mol. The highest BCUT2D eigenvalue weighted by atomic mass is 16.1. The number of carbonyl (C=O) groups is 1. The van der Waals surface area contributed by atoms with Crippen molar-refractivity contribution >= 4 is 23.0 Å². The summed E-state index contributed by atoms with van der Waals surface area (Å²) in [5.74, 6) is -0.340. The summed E-state index contributed by atoms with van der Waals surface area (Å²) in [6.45, 7) is 2.05. The summed E-state index contributed by atoms with van der Waals surface area (Å²) in [6, 6.07) is 5.76. The van der Waals surface area contributed by atoms with Crippen LogP contribution >= 0.6 is 0 Å². The van der Waals surface area contributed by atoms with E-state index in [9.17, 15) is 4.79 Å².